The van der Waals surface area contributed by atoms with Gasteiger partial charge in [0.25, 0.3) is 0 Å². The highest BCUT2D eigenvalue weighted by Crippen LogP contribution is 2.00. The second-order valence-corrected chi connectivity index (χ2v) is 2.33. The van der Waals surface area contributed by atoms with E-state index in [9.17, 15) is 0 Å². The van der Waals surface area contributed by atoms with Crippen molar-refractivity contribution in [3.05, 3.63) is 10.6 Å². The largest absolute Gasteiger partial charge is 0.342 e. The van der Waals surface area contributed by atoms with Crippen LogP contribution in [0.4, 0.5) is 0 Å². The number of hydrogen-bond acceptors (Lipinski definition) is 2. The summed E-state index contributed by atoms with van der Waals surface area (Å²) in [6.45, 7) is 7.97. The van der Waals surface area contributed by atoms with Crippen molar-refractivity contribution >= 4 is 19.0 Å². The maximum atomic E-state index is 4.14. The minimum absolute atomic E-state index is 0.862. The molecule has 0 aliphatic heterocycles. The predicted molar refractivity (Wildman–Crippen MR) is 56.3 cm³/mol. The van der Waals surface area contributed by atoms with Crippen LogP contribution in [0.25, 0.3) is 0 Å². The summed E-state index contributed by atoms with van der Waals surface area (Å²) < 4.78 is 0. The van der Waals surface area contributed by atoms with Crippen LogP contribution in [0.2, 0.25) is 0 Å². The second kappa shape index (κ2) is 9.56. The normalized spacial score (nSPS) is 8.55. The monoisotopic (exact) mass is 174 g/mol. The van der Waals surface area contributed by atoms with E-state index in [4.69, 9.17) is 0 Å². The summed E-state index contributed by atoms with van der Waals surface area (Å²) in [4.78, 5) is 3.74. The first-order chi connectivity index (χ1) is 5.18. The molecule has 0 aliphatic carbocycles. The smallest absolute Gasteiger partial charge is 0.0868 e. The molecule has 0 saturated heterocycles. The molecule has 0 heterocycles. The summed E-state index contributed by atoms with van der Waals surface area (Å²) in [5, 5.41) is 3.75. The van der Waals surface area contributed by atoms with Crippen LogP contribution >= 0.6 is 12.6 Å². The number of rotatable bonds is 2. The molecule has 0 bridgehead atoms. The maximum absolute atomic E-state index is 4.14. The fourth-order valence-corrected chi connectivity index (χ4v) is 0.328. The van der Waals surface area contributed by atoms with Gasteiger partial charge in [-0.3, -0.25) is 4.99 Å². The Hall–Kier alpha value is -0.440. The lowest BCUT2D eigenvalue weighted by Crippen LogP contribution is -2.06. The van der Waals surface area contributed by atoms with Gasteiger partial charge in [-0.1, -0.05) is 13.8 Å². The number of hydrogen-bond donors (Lipinski definition) is 2. The van der Waals surface area contributed by atoms with E-state index in [1.54, 1.807) is 13.4 Å². The first-order valence-corrected chi connectivity index (χ1v) is 4.16. The highest BCUT2D eigenvalue weighted by Gasteiger charge is 1.85. The number of thiol groups is 1. The Labute approximate surface area is 75.2 Å². The molecule has 2 nitrogen and oxygen atoms in total. The molecule has 1 N–H and O–H groups in total. The van der Waals surface area contributed by atoms with Crippen molar-refractivity contribution in [2.45, 2.75) is 27.7 Å². The minimum Gasteiger partial charge on any atom is -0.342 e. The van der Waals surface area contributed by atoms with Gasteiger partial charge in [-0.25, -0.2) is 0 Å². The van der Waals surface area contributed by atoms with Crippen molar-refractivity contribution in [2.75, 3.05) is 7.05 Å². The lowest BCUT2D eigenvalue weighted by atomic mass is 10.4. The highest BCUT2D eigenvalue weighted by molar-refractivity contribution is 7.84. The number of allylic oxidation sites excluding steroid dienone is 1. The number of nitrogens with zero attached hydrogens (tertiary/aromatic N) is 1. The van der Waals surface area contributed by atoms with Gasteiger partial charge in [-0.2, -0.15) is 0 Å². The van der Waals surface area contributed by atoms with Crippen LogP contribution < -0.4 is 5.32 Å². The Morgan fingerprint density at radius 1 is 1.36 bits per heavy atom. The molecule has 11 heavy (non-hydrogen) atoms. The van der Waals surface area contributed by atoms with Crippen LogP contribution in [0.1, 0.15) is 27.7 Å². The molecule has 0 aromatic carbocycles. The van der Waals surface area contributed by atoms with Gasteiger partial charge in [-0.05, 0) is 19.4 Å². The standard InChI is InChI=1S/C6H12N2S.C2H6/c1-5(2)6(9)8-4-7-3;1-2/h4,9H,1-3H3,(H,7,8);1-2H3. The molecule has 0 aliphatic rings. The van der Waals surface area contributed by atoms with Crippen LogP contribution in [0, 0.1) is 0 Å². The molecule has 0 aromatic heterocycles. The Bertz CT molecular complexity index is 135. The lowest BCUT2D eigenvalue weighted by Gasteiger charge is -1.98. The molecule has 66 valence electrons. The van der Waals surface area contributed by atoms with E-state index in [0.29, 0.717) is 0 Å². The summed E-state index contributed by atoms with van der Waals surface area (Å²) in [5.41, 5.74) is 1.15. The Morgan fingerprint density at radius 3 is 2.09 bits per heavy atom. The fourth-order valence-electron chi connectivity index (χ4n) is 0.270. The van der Waals surface area contributed by atoms with Crippen molar-refractivity contribution in [1.29, 1.82) is 0 Å². The van der Waals surface area contributed by atoms with Crippen molar-refractivity contribution < 1.29 is 0 Å². The van der Waals surface area contributed by atoms with Gasteiger partial charge < -0.3 is 5.32 Å². The third-order valence-corrected chi connectivity index (χ3v) is 1.38. The number of aliphatic imine (C=N–C) groups is 1. The van der Waals surface area contributed by atoms with E-state index in [0.717, 1.165) is 10.6 Å². The maximum Gasteiger partial charge on any atom is 0.0868 e. The minimum atomic E-state index is 0.862. The van der Waals surface area contributed by atoms with E-state index < -0.39 is 0 Å². The SMILES string of the molecule is CC.CN=CNC(S)=C(C)C. The summed E-state index contributed by atoms with van der Waals surface area (Å²) in [6, 6.07) is 0. The zero-order valence-electron chi connectivity index (χ0n) is 7.97. The molecule has 0 saturated carbocycles. The molecular weight excluding hydrogens is 156 g/mol. The van der Waals surface area contributed by atoms with E-state index in [1.807, 2.05) is 27.7 Å². The van der Waals surface area contributed by atoms with E-state index in [-0.39, 0.29) is 0 Å². The molecule has 0 spiro atoms. The van der Waals surface area contributed by atoms with Crippen molar-refractivity contribution in [3.63, 3.8) is 0 Å². The molecule has 0 amide bonds. The van der Waals surface area contributed by atoms with Crippen LogP contribution in [0.15, 0.2) is 15.6 Å². The third-order valence-electron chi connectivity index (χ3n) is 0.804. The Balaban J connectivity index is 0. The summed E-state index contributed by atoms with van der Waals surface area (Å²) in [7, 11) is 1.71. The third kappa shape index (κ3) is 9.56. The fraction of sp³-hybridized carbons (Fsp3) is 0.625. The quantitative estimate of drug-likeness (QED) is 0.375. The van der Waals surface area contributed by atoms with Gasteiger partial charge in [0.1, 0.15) is 0 Å². The van der Waals surface area contributed by atoms with Crippen LogP contribution in [-0.2, 0) is 0 Å². The highest BCUT2D eigenvalue weighted by atomic mass is 32.1. The van der Waals surface area contributed by atoms with Gasteiger partial charge >= 0.3 is 0 Å². The zero-order chi connectivity index (χ0) is 9.28. The summed E-state index contributed by atoms with van der Waals surface area (Å²) in [5.74, 6) is 0. The van der Waals surface area contributed by atoms with Crippen molar-refractivity contribution in [2.24, 2.45) is 4.99 Å². The number of nitrogens with one attached hydrogen (secondary N) is 1. The van der Waals surface area contributed by atoms with E-state index in [2.05, 4.69) is 22.9 Å². The first-order valence-electron chi connectivity index (χ1n) is 3.72. The molecule has 0 radical (unpaired) electrons. The molecule has 0 fully saturated rings. The molecule has 0 aromatic rings. The van der Waals surface area contributed by atoms with Gasteiger partial charge in [0.15, 0.2) is 0 Å². The van der Waals surface area contributed by atoms with Gasteiger partial charge in [0.2, 0.25) is 0 Å². The second-order valence-electron chi connectivity index (χ2n) is 1.88. The lowest BCUT2D eigenvalue weighted by molar-refractivity contribution is 1.19. The molecule has 0 rings (SSSR count). The van der Waals surface area contributed by atoms with Crippen molar-refractivity contribution in [3.8, 4) is 0 Å². The van der Waals surface area contributed by atoms with Gasteiger partial charge in [-0.15, -0.1) is 12.6 Å². The molecule has 0 atom stereocenters. The Kier molecular flexibility index (Phi) is 11.4. The molecule has 3 heteroatoms. The van der Waals surface area contributed by atoms with Crippen LogP contribution in [0.3, 0.4) is 0 Å². The van der Waals surface area contributed by atoms with E-state index >= 15 is 0 Å². The molecule has 0 unspecified atom stereocenters. The average Bonchev–Trinajstić information content (AvgIpc) is 2.03. The van der Waals surface area contributed by atoms with Gasteiger partial charge in [0.05, 0.1) is 11.4 Å². The zero-order valence-corrected chi connectivity index (χ0v) is 8.87. The Morgan fingerprint density at radius 2 is 1.82 bits per heavy atom. The topological polar surface area (TPSA) is 24.4 Å². The summed E-state index contributed by atoms with van der Waals surface area (Å²) >= 11 is 4.14. The van der Waals surface area contributed by atoms with E-state index in [1.165, 1.54) is 0 Å². The first kappa shape index (κ1) is 13.2. The average molecular weight is 174 g/mol. The molecular formula is C8H18N2S. The van der Waals surface area contributed by atoms with Crippen LogP contribution in [0.5, 0.6) is 0 Å². The van der Waals surface area contributed by atoms with Crippen LogP contribution in [-0.4, -0.2) is 13.4 Å². The predicted octanol–water partition coefficient (Wildman–Crippen LogP) is 2.44. The summed E-state index contributed by atoms with van der Waals surface area (Å²) in [6.07, 6.45) is 1.61. The van der Waals surface area contributed by atoms with Gasteiger partial charge in [0, 0.05) is 7.05 Å². The van der Waals surface area contributed by atoms with Crippen molar-refractivity contribution in [1.82, 2.24) is 5.32 Å².